The number of hydrogen-bond acceptors (Lipinski definition) is 6. The molecular formula is C25H45NO8S. The molecule has 0 rings (SSSR count). The molecule has 0 saturated carbocycles. The van der Waals surface area contributed by atoms with E-state index in [1.807, 2.05) is 0 Å². The van der Waals surface area contributed by atoms with Crippen molar-refractivity contribution in [1.82, 2.24) is 5.32 Å². The van der Waals surface area contributed by atoms with E-state index in [4.69, 9.17) is 14.4 Å². The van der Waals surface area contributed by atoms with Gasteiger partial charge >= 0.3 is 11.9 Å². The molecule has 0 bridgehead atoms. The van der Waals surface area contributed by atoms with Gasteiger partial charge in [0.2, 0.25) is 5.91 Å². The molecule has 3 N–H and O–H groups in total. The van der Waals surface area contributed by atoms with Gasteiger partial charge in [-0.05, 0) is 39.0 Å². The van der Waals surface area contributed by atoms with E-state index in [9.17, 15) is 22.8 Å². The van der Waals surface area contributed by atoms with Crippen molar-refractivity contribution in [1.29, 1.82) is 0 Å². The van der Waals surface area contributed by atoms with E-state index in [0.29, 0.717) is 6.42 Å². The fraction of sp³-hybridized carbons (Fsp3) is 0.800. The minimum Gasteiger partial charge on any atom is -0.481 e. The summed E-state index contributed by atoms with van der Waals surface area (Å²) in [7, 11) is -4.92. The van der Waals surface area contributed by atoms with Crippen molar-refractivity contribution < 1.29 is 37.2 Å². The standard InChI is InChI=1S/C25H45NO8S/c1-3-4-5-6-7-8-9-10-11-12-13-14-15-16-17-18-23(27)26-20-21(2)34-25(30)22(19-24(28)29)35(31,32)33/h10-11,21-22H,3-9,12-20H2,1-2H3,(H,26,27)(H,28,29)(H,31,32,33)/b11-10+/t21-,22+/m0/s1. The normalized spacial score (nSPS) is 13.5. The third-order valence-electron chi connectivity index (χ3n) is 5.55. The molecule has 0 heterocycles. The number of esters is 1. The summed E-state index contributed by atoms with van der Waals surface area (Å²) in [5, 5.41) is 9.10. The Labute approximate surface area is 210 Å². The minimum atomic E-state index is -4.92. The topological polar surface area (TPSA) is 147 Å². The van der Waals surface area contributed by atoms with Crippen molar-refractivity contribution in [3.8, 4) is 0 Å². The number of carbonyl (C=O) groups is 3. The third kappa shape index (κ3) is 20.0. The molecule has 0 aromatic heterocycles. The van der Waals surface area contributed by atoms with Gasteiger partial charge in [-0.15, -0.1) is 0 Å². The number of unbranched alkanes of at least 4 members (excludes halogenated alkanes) is 11. The summed E-state index contributed by atoms with van der Waals surface area (Å²) in [4.78, 5) is 34.5. The van der Waals surface area contributed by atoms with Crippen LogP contribution in [0, 0.1) is 0 Å². The molecule has 0 saturated heterocycles. The second-order valence-corrected chi connectivity index (χ2v) is 10.6. The molecule has 35 heavy (non-hydrogen) atoms. The van der Waals surface area contributed by atoms with Crippen molar-refractivity contribution in [3.05, 3.63) is 12.2 Å². The lowest BCUT2D eigenvalue weighted by atomic mass is 10.1. The molecule has 1 amide bonds. The van der Waals surface area contributed by atoms with Gasteiger partial charge in [-0.3, -0.25) is 18.9 Å². The Morgan fingerprint density at radius 3 is 1.91 bits per heavy atom. The molecule has 9 nitrogen and oxygen atoms in total. The zero-order chi connectivity index (χ0) is 26.5. The number of nitrogens with one attached hydrogen (secondary N) is 1. The molecule has 0 unspecified atom stereocenters. The molecular weight excluding hydrogens is 474 g/mol. The number of aliphatic carboxylic acids is 1. The van der Waals surface area contributed by atoms with Crippen LogP contribution in [0.2, 0.25) is 0 Å². The lowest BCUT2D eigenvalue weighted by Gasteiger charge is -2.17. The minimum absolute atomic E-state index is 0.0408. The highest BCUT2D eigenvalue weighted by molar-refractivity contribution is 7.87. The Bertz CT molecular complexity index is 736. The Hall–Kier alpha value is -1.94. The second-order valence-electron chi connectivity index (χ2n) is 8.99. The Morgan fingerprint density at radius 1 is 0.886 bits per heavy atom. The zero-order valence-corrected chi connectivity index (χ0v) is 22.2. The summed E-state index contributed by atoms with van der Waals surface area (Å²) in [5.74, 6) is -3.14. The first-order valence-electron chi connectivity index (χ1n) is 12.9. The van der Waals surface area contributed by atoms with E-state index in [-0.39, 0.29) is 12.5 Å². The van der Waals surface area contributed by atoms with Gasteiger partial charge in [0.25, 0.3) is 10.1 Å². The van der Waals surface area contributed by atoms with Gasteiger partial charge in [0.1, 0.15) is 6.10 Å². The molecule has 0 fully saturated rings. The van der Waals surface area contributed by atoms with Crippen LogP contribution in [0.15, 0.2) is 12.2 Å². The monoisotopic (exact) mass is 519 g/mol. The summed E-state index contributed by atoms with van der Waals surface area (Å²) < 4.78 is 36.3. The third-order valence-corrected chi connectivity index (χ3v) is 6.63. The molecule has 0 radical (unpaired) electrons. The van der Waals surface area contributed by atoms with E-state index in [2.05, 4.69) is 24.4 Å². The highest BCUT2D eigenvalue weighted by Gasteiger charge is 2.35. The van der Waals surface area contributed by atoms with E-state index < -0.39 is 39.8 Å². The number of hydrogen-bond donors (Lipinski definition) is 3. The molecule has 10 heteroatoms. The number of carbonyl (C=O) groups excluding carboxylic acids is 2. The maximum Gasteiger partial charge on any atom is 0.327 e. The molecule has 2 atom stereocenters. The average molecular weight is 520 g/mol. The first-order chi connectivity index (χ1) is 16.6. The number of carboxylic acid groups (broad SMARTS) is 1. The maximum atomic E-state index is 11.9. The quantitative estimate of drug-likeness (QED) is 0.0799. The van der Waals surface area contributed by atoms with E-state index >= 15 is 0 Å². The number of amides is 1. The summed E-state index contributed by atoms with van der Waals surface area (Å²) in [5.41, 5.74) is 0. The van der Waals surface area contributed by atoms with Crippen LogP contribution >= 0.6 is 0 Å². The lowest BCUT2D eigenvalue weighted by Crippen LogP contribution is -2.39. The highest BCUT2D eigenvalue weighted by Crippen LogP contribution is 2.11. The van der Waals surface area contributed by atoms with Crippen LogP contribution in [0.4, 0.5) is 0 Å². The van der Waals surface area contributed by atoms with Gasteiger partial charge in [-0.2, -0.15) is 8.42 Å². The SMILES string of the molecule is CCCCCCCC/C=C/CCCCCCCC(=O)NC[C@H](C)OC(=O)[C@@H](CC(=O)O)S(=O)(=O)O. The number of ether oxygens (including phenoxy) is 1. The predicted molar refractivity (Wildman–Crippen MR) is 136 cm³/mol. The molecule has 0 aliphatic rings. The van der Waals surface area contributed by atoms with Gasteiger partial charge in [0, 0.05) is 6.42 Å². The molecule has 204 valence electrons. The van der Waals surface area contributed by atoms with Crippen molar-refractivity contribution in [2.45, 2.75) is 122 Å². The summed E-state index contributed by atoms with van der Waals surface area (Å²) in [6, 6.07) is 0. The largest absolute Gasteiger partial charge is 0.481 e. The van der Waals surface area contributed by atoms with Crippen LogP contribution in [0.3, 0.4) is 0 Å². The van der Waals surface area contributed by atoms with Crippen LogP contribution in [-0.4, -0.2) is 53.8 Å². The van der Waals surface area contributed by atoms with Crippen molar-refractivity contribution in [2.24, 2.45) is 0 Å². The summed E-state index contributed by atoms with van der Waals surface area (Å²) >= 11 is 0. The fourth-order valence-corrected chi connectivity index (χ4v) is 4.14. The van der Waals surface area contributed by atoms with E-state index in [1.165, 1.54) is 51.9 Å². The molecule has 0 spiro atoms. The first-order valence-corrected chi connectivity index (χ1v) is 14.4. The zero-order valence-electron chi connectivity index (χ0n) is 21.4. The van der Waals surface area contributed by atoms with Crippen LogP contribution in [-0.2, 0) is 29.2 Å². The Kier molecular flexibility index (Phi) is 19.1. The summed E-state index contributed by atoms with van der Waals surface area (Å²) in [6.07, 6.45) is 18.1. The van der Waals surface area contributed by atoms with Gasteiger partial charge in [-0.1, -0.05) is 70.4 Å². The van der Waals surface area contributed by atoms with Crippen LogP contribution < -0.4 is 5.32 Å². The number of carboxylic acids is 1. The maximum absolute atomic E-state index is 11.9. The number of rotatable bonds is 22. The van der Waals surface area contributed by atoms with E-state index in [1.54, 1.807) is 0 Å². The van der Waals surface area contributed by atoms with Gasteiger partial charge < -0.3 is 15.2 Å². The smallest absolute Gasteiger partial charge is 0.327 e. The van der Waals surface area contributed by atoms with Crippen molar-refractivity contribution in [3.63, 3.8) is 0 Å². The van der Waals surface area contributed by atoms with Gasteiger partial charge in [-0.25, -0.2) is 0 Å². The van der Waals surface area contributed by atoms with Crippen LogP contribution in [0.1, 0.15) is 110 Å². The van der Waals surface area contributed by atoms with Crippen LogP contribution in [0.25, 0.3) is 0 Å². The van der Waals surface area contributed by atoms with Gasteiger partial charge in [0.05, 0.1) is 13.0 Å². The lowest BCUT2D eigenvalue weighted by molar-refractivity contribution is -0.151. The molecule has 0 aliphatic heterocycles. The Morgan fingerprint density at radius 2 is 1.40 bits per heavy atom. The van der Waals surface area contributed by atoms with Gasteiger partial charge in [0.15, 0.2) is 5.25 Å². The fourth-order valence-electron chi connectivity index (χ4n) is 3.49. The first kappa shape index (κ1) is 33.1. The molecule has 0 aliphatic carbocycles. The average Bonchev–Trinajstić information content (AvgIpc) is 2.77. The summed E-state index contributed by atoms with van der Waals surface area (Å²) in [6.45, 7) is 3.62. The molecule has 0 aromatic carbocycles. The molecule has 0 aromatic rings. The van der Waals surface area contributed by atoms with Crippen LogP contribution in [0.5, 0.6) is 0 Å². The van der Waals surface area contributed by atoms with Crippen molar-refractivity contribution in [2.75, 3.05) is 6.54 Å². The second kappa shape index (κ2) is 20.3. The predicted octanol–water partition coefficient (Wildman–Crippen LogP) is 4.80. The van der Waals surface area contributed by atoms with E-state index in [0.717, 1.165) is 38.5 Å². The highest BCUT2D eigenvalue weighted by atomic mass is 32.2. The Balaban J connectivity index is 3.80. The number of allylic oxidation sites excluding steroid dienone is 2. The van der Waals surface area contributed by atoms with Crippen molar-refractivity contribution >= 4 is 28.0 Å².